The molecule has 22 heavy (non-hydrogen) atoms. The second-order valence-electron chi connectivity index (χ2n) is 4.58. The largest absolute Gasteiger partial charge is 0.476 e. The summed E-state index contributed by atoms with van der Waals surface area (Å²) < 4.78 is 0. The van der Waals surface area contributed by atoms with Gasteiger partial charge in [0.2, 0.25) is 5.78 Å². The smallest absolute Gasteiger partial charge is 0.355 e. The van der Waals surface area contributed by atoms with E-state index in [1.54, 1.807) is 12.1 Å². The zero-order valence-electron chi connectivity index (χ0n) is 11.4. The lowest BCUT2D eigenvalue weighted by Gasteiger charge is -2.07. The van der Waals surface area contributed by atoms with Crippen molar-refractivity contribution in [1.29, 1.82) is 0 Å². The second kappa shape index (κ2) is 5.91. The molecule has 0 unspecified atom stereocenters. The fraction of sp³-hybridized carbons (Fsp3) is 0. The van der Waals surface area contributed by atoms with Crippen LogP contribution in [0.3, 0.4) is 0 Å². The number of nitrogens with zero attached hydrogens (tertiary/aromatic N) is 1. The van der Waals surface area contributed by atoms with Gasteiger partial charge in [-0.25, -0.2) is 9.78 Å². The predicted octanol–water partition coefficient (Wildman–Crippen LogP) is 3.74. The average Bonchev–Trinajstić information content (AvgIpc) is 3.05. The summed E-state index contributed by atoms with van der Waals surface area (Å²) in [6.45, 7) is 0. The molecule has 0 aliphatic rings. The zero-order valence-corrected chi connectivity index (χ0v) is 12.2. The Morgan fingerprint density at radius 2 is 1.64 bits per heavy atom. The monoisotopic (exact) mass is 309 g/mol. The molecule has 1 aromatic heterocycles. The van der Waals surface area contributed by atoms with Gasteiger partial charge in [-0.3, -0.25) is 4.79 Å². The number of carbonyl (C=O) groups is 2. The van der Waals surface area contributed by atoms with E-state index in [1.807, 2.05) is 42.5 Å². The Bertz CT molecular complexity index is 840. The molecule has 0 aliphatic heterocycles. The topological polar surface area (TPSA) is 67.3 Å². The maximum atomic E-state index is 12.6. The summed E-state index contributed by atoms with van der Waals surface area (Å²) in [5.41, 5.74) is 2.15. The number of rotatable bonds is 4. The van der Waals surface area contributed by atoms with Crippen LogP contribution in [0, 0.1) is 0 Å². The van der Waals surface area contributed by atoms with Crippen LogP contribution in [0.2, 0.25) is 0 Å². The Balaban J connectivity index is 2.05. The van der Waals surface area contributed by atoms with Crippen LogP contribution >= 0.6 is 11.3 Å². The first-order valence-electron chi connectivity index (χ1n) is 6.55. The number of carboxylic acid groups (broad SMARTS) is 1. The van der Waals surface area contributed by atoms with E-state index in [-0.39, 0.29) is 16.5 Å². The van der Waals surface area contributed by atoms with Gasteiger partial charge in [-0.1, -0.05) is 54.6 Å². The van der Waals surface area contributed by atoms with Gasteiger partial charge in [0, 0.05) is 10.9 Å². The molecule has 0 aliphatic carbocycles. The molecule has 0 radical (unpaired) electrons. The number of thiazole rings is 1. The molecule has 3 rings (SSSR count). The van der Waals surface area contributed by atoms with E-state index >= 15 is 0 Å². The Hall–Kier alpha value is -2.79. The number of ketones is 1. The standard InChI is InChI=1S/C17H11NO3S/c19-15(16-18-14(10-22-16)17(20)21)13-9-5-4-8-12(13)11-6-2-1-3-7-11/h1-10H,(H,20,21). The summed E-state index contributed by atoms with van der Waals surface area (Å²) in [6, 6.07) is 16.8. The van der Waals surface area contributed by atoms with Crippen molar-refractivity contribution in [2.75, 3.05) is 0 Å². The van der Waals surface area contributed by atoms with Crippen molar-refractivity contribution in [3.05, 3.63) is 76.2 Å². The number of hydrogen-bond donors (Lipinski definition) is 1. The molecular weight excluding hydrogens is 298 g/mol. The third-order valence-corrected chi connectivity index (χ3v) is 4.02. The van der Waals surface area contributed by atoms with Gasteiger partial charge in [0.15, 0.2) is 10.7 Å². The minimum Gasteiger partial charge on any atom is -0.476 e. The lowest BCUT2D eigenvalue weighted by Crippen LogP contribution is -2.04. The van der Waals surface area contributed by atoms with Crippen LogP contribution < -0.4 is 0 Å². The lowest BCUT2D eigenvalue weighted by molar-refractivity contribution is 0.0691. The highest BCUT2D eigenvalue weighted by Crippen LogP contribution is 2.26. The van der Waals surface area contributed by atoms with Crippen molar-refractivity contribution in [2.24, 2.45) is 0 Å². The summed E-state index contributed by atoms with van der Waals surface area (Å²) >= 11 is 1.04. The Kier molecular flexibility index (Phi) is 3.80. The molecule has 0 fully saturated rings. The molecule has 3 aromatic rings. The molecule has 0 amide bonds. The van der Waals surface area contributed by atoms with E-state index in [1.165, 1.54) is 5.38 Å². The highest BCUT2D eigenvalue weighted by molar-refractivity contribution is 7.12. The number of aromatic nitrogens is 1. The first-order valence-corrected chi connectivity index (χ1v) is 7.43. The second-order valence-corrected chi connectivity index (χ2v) is 5.44. The number of benzene rings is 2. The van der Waals surface area contributed by atoms with Gasteiger partial charge in [0.25, 0.3) is 0 Å². The number of carboxylic acids is 1. The molecule has 0 atom stereocenters. The Morgan fingerprint density at radius 3 is 2.32 bits per heavy atom. The van der Waals surface area contributed by atoms with Gasteiger partial charge in [-0.2, -0.15) is 0 Å². The normalized spacial score (nSPS) is 10.4. The third-order valence-electron chi connectivity index (χ3n) is 3.17. The quantitative estimate of drug-likeness (QED) is 0.745. The maximum Gasteiger partial charge on any atom is 0.355 e. The fourth-order valence-electron chi connectivity index (χ4n) is 2.14. The zero-order chi connectivity index (χ0) is 15.5. The molecule has 0 bridgehead atoms. The van der Waals surface area contributed by atoms with Crippen molar-refractivity contribution in [2.45, 2.75) is 0 Å². The Morgan fingerprint density at radius 1 is 0.955 bits per heavy atom. The molecule has 2 aromatic carbocycles. The first-order chi connectivity index (χ1) is 10.7. The highest BCUT2D eigenvalue weighted by atomic mass is 32.1. The third kappa shape index (κ3) is 2.66. The summed E-state index contributed by atoms with van der Waals surface area (Å²) in [5.74, 6) is -1.40. The summed E-state index contributed by atoms with van der Waals surface area (Å²) in [4.78, 5) is 27.4. The van der Waals surface area contributed by atoms with E-state index < -0.39 is 5.97 Å². The molecule has 1 heterocycles. The molecule has 0 saturated carbocycles. The van der Waals surface area contributed by atoms with E-state index in [0.717, 1.165) is 22.5 Å². The van der Waals surface area contributed by atoms with Crippen LogP contribution in [0.15, 0.2) is 60.0 Å². The molecule has 4 nitrogen and oxygen atoms in total. The average molecular weight is 309 g/mol. The van der Waals surface area contributed by atoms with Gasteiger partial charge in [-0.05, 0) is 11.1 Å². The molecule has 5 heteroatoms. The van der Waals surface area contributed by atoms with E-state index in [9.17, 15) is 9.59 Å². The van der Waals surface area contributed by atoms with Gasteiger partial charge in [-0.15, -0.1) is 11.3 Å². The maximum absolute atomic E-state index is 12.6. The summed E-state index contributed by atoms with van der Waals surface area (Å²) in [6.07, 6.45) is 0. The molecule has 108 valence electrons. The minimum absolute atomic E-state index is 0.106. The van der Waals surface area contributed by atoms with Crippen molar-refractivity contribution >= 4 is 23.1 Å². The van der Waals surface area contributed by atoms with E-state index in [0.29, 0.717) is 5.56 Å². The Labute approximate surface area is 130 Å². The van der Waals surface area contributed by atoms with Crippen molar-refractivity contribution in [1.82, 2.24) is 4.98 Å². The number of aromatic carboxylic acids is 1. The van der Waals surface area contributed by atoms with Crippen LogP contribution in [0.1, 0.15) is 25.9 Å². The van der Waals surface area contributed by atoms with Crippen LogP contribution in [0.5, 0.6) is 0 Å². The molecule has 1 N–H and O–H groups in total. The molecule has 0 spiro atoms. The van der Waals surface area contributed by atoms with Crippen molar-refractivity contribution in [3.63, 3.8) is 0 Å². The highest BCUT2D eigenvalue weighted by Gasteiger charge is 2.19. The fourth-order valence-corrected chi connectivity index (χ4v) is 2.89. The predicted molar refractivity (Wildman–Crippen MR) is 84.4 cm³/mol. The number of carbonyl (C=O) groups excluding carboxylic acids is 1. The van der Waals surface area contributed by atoms with Crippen LogP contribution in [-0.4, -0.2) is 21.8 Å². The SMILES string of the molecule is O=C(O)c1csc(C(=O)c2ccccc2-c2ccccc2)n1. The van der Waals surface area contributed by atoms with Crippen LogP contribution in [0.25, 0.3) is 11.1 Å². The minimum atomic E-state index is -1.13. The van der Waals surface area contributed by atoms with Crippen LogP contribution in [0.4, 0.5) is 0 Å². The summed E-state index contributed by atoms with van der Waals surface area (Å²) in [7, 11) is 0. The molecular formula is C17H11NO3S. The van der Waals surface area contributed by atoms with E-state index in [2.05, 4.69) is 4.98 Å². The first kappa shape index (κ1) is 14.2. The van der Waals surface area contributed by atoms with Gasteiger partial charge >= 0.3 is 5.97 Å². The van der Waals surface area contributed by atoms with Crippen molar-refractivity contribution in [3.8, 4) is 11.1 Å². The van der Waals surface area contributed by atoms with Gasteiger partial charge in [0.05, 0.1) is 0 Å². The van der Waals surface area contributed by atoms with Crippen molar-refractivity contribution < 1.29 is 14.7 Å². The van der Waals surface area contributed by atoms with E-state index in [4.69, 9.17) is 5.11 Å². The summed E-state index contributed by atoms with van der Waals surface area (Å²) in [5, 5.41) is 10.5. The molecule has 0 saturated heterocycles. The van der Waals surface area contributed by atoms with Crippen LogP contribution in [-0.2, 0) is 0 Å². The number of hydrogen-bond acceptors (Lipinski definition) is 4. The van der Waals surface area contributed by atoms with Gasteiger partial charge in [0.1, 0.15) is 0 Å². The lowest BCUT2D eigenvalue weighted by atomic mass is 9.97. The van der Waals surface area contributed by atoms with Gasteiger partial charge < -0.3 is 5.11 Å².